The zero-order valence-electron chi connectivity index (χ0n) is 26.1. The molecule has 3 aliphatic heterocycles. The van der Waals surface area contributed by atoms with Gasteiger partial charge in [0.1, 0.15) is 11.7 Å². The Morgan fingerprint density at radius 2 is 1.74 bits per heavy atom. The second-order valence-corrected chi connectivity index (χ2v) is 12.4. The number of likely N-dealkylation sites (N-methyl/N-ethyl adjacent to an activating group) is 1. The zero-order valence-corrected chi connectivity index (χ0v) is 26.1. The molecular weight excluding hydrogens is 538 g/mol. The Hall–Kier alpha value is -2.85. The molecule has 0 aromatic rings. The fourth-order valence-corrected chi connectivity index (χ4v) is 5.37. The maximum absolute atomic E-state index is 13.0. The molecule has 2 saturated heterocycles. The van der Waals surface area contributed by atoms with Crippen molar-refractivity contribution in [3.63, 3.8) is 0 Å². The van der Waals surface area contributed by atoms with Crippen molar-refractivity contribution < 1.29 is 33.7 Å². The molecule has 1 N–H and O–H groups in total. The van der Waals surface area contributed by atoms with E-state index in [9.17, 15) is 19.5 Å². The van der Waals surface area contributed by atoms with Crippen molar-refractivity contribution >= 4 is 18.2 Å². The van der Waals surface area contributed by atoms with E-state index in [4.69, 9.17) is 14.2 Å². The van der Waals surface area contributed by atoms with Gasteiger partial charge >= 0.3 is 18.2 Å². The Morgan fingerprint density at radius 3 is 2.43 bits per heavy atom. The van der Waals surface area contributed by atoms with Gasteiger partial charge in [-0.15, -0.1) is 0 Å². The smallest absolute Gasteiger partial charge is 0.410 e. The molecule has 10 heteroatoms. The molecule has 5 atom stereocenters. The lowest BCUT2D eigenvalue weighted by Crippen LogP contribution is -2.50. The largest absolute Gasteiger partial charge is 0.457 e. The zero-order chi connectivity index (χ0) is 30.7. The standard InChI is InChI=1S/C32H51N3O7/c1-24(23-40-30(37)34-17-8-9-18-34)11-10-12-25(2)29-26(3)14-15-27(32(4,39)16-7-6-13-28(36)42-29)41-31(38)35-21-19-33(5)20-22-35/h10-12,14-15,24,26-27,29,39H,6-9,13,16-23H2,1-5H3/b11-10+,15-14+,25-12+/t24-,26+,27-,29-,32+/m1/s1. The van der Waals surface area contributed by atoms with E-state index in [0.29, 0.717) is 39.0 Å². The Morgan fingerprint density at radius 1 is 1.07 bits per heavy atom. The Labute approximate surface area is 251 Å². The molecule has 10 nitrogen and oxygen atoms in total. The van der Waals surface area contributed by atoms with Crippen molar-refractivity contribution in [2.75, 3.05) is 52.9 Å². The molecule has 0 unspecified atom stereocenters. The molecule has 0 radical (unpaired) electrons. The van der Waals surface area contributed by atoms with Crippen LogP contribution in [0.25, 0.3) is 0 Å². The van der Waals surface area contributed by atoms with Crippen molar-refractivity contribution in [3.05, 3.63) is 36.0 Å². The summed E-state index contributed by atoms with van der Waals surface area (Å²) in [7, 11) is 2.02. The van der Waals surface area contributed by atoms with Crippen molar-refractivity contribution in [2.24, 2.45) is 11.8 Å². The second-order valence-electron chi connectivity index (χ2n) is 12.4. The average Bonchev–Trinajstić information content (AvgIpc) is 3.50. The van der Waals surface area contributed by atoms with E-state index in [1.54, 1.807) is 22.8 Å². The molecule has 42 heavy (non-hydrogen) atoms. The van der Waals surface area contributed by atoms with Gasteiger partial charge in [0.05, 0.1) is 6.61 Å². The molecule has 0 aromatic carbocycles. The highest BCUT2D eigenvalue weighted by Gasteiger charge is 2.35. The number of carbonyl (C=O) groups excluding carboxylic acids is 3. The van der Waals surface area contributed by atoms with Gasteiger partial charge in [0.25, 0.3) is 0 Å². The van der Waals surface area contributed by atoms with Crippen LogP contribution in [0.2, 0.25) is 0 Å². The van der Waals surface area contributed by atoms with Crippen LogP contribution in [0.1, 0.15) is 66.2 Å². The minimum absolute atomic E-state index is 0.0229. The number of esters is 1. The number of nitrogens with zero attached hydrogens (tertiary/aromatic N) is 3. The first kappa shape index (κ1) is 33.6. The van der Waals surface area contributed by atoms with Crippen molar-refractivity contribution in [2.45, 2.75) is 84.0 Å². The Balaban J connectivity index is 1.67. The van der Waals surface area contributed by atoms with Crippen LogP contribution in [0.15, 0.2) is 36.0 Å². The lowest BCUT2D eigenvalue weighted by Gasteiger charge is -2.36. The van der Waals surface area contributed by atoms with Crippen molar-refractivity contribution in [3.8, 4) is 0 Å². The molecule has 2 fully saturated rings. The van der Waals surface area contributed by atoms with E-state index < -0.39 is 23.9 Å². The van der Waals surface area contributed by atoms with Crippen LogP contribution >= 0.6 is 0 Å². The van der Waals surface area contributed by atoms with Gasteiger partial charge in [0.15, 0.2) is 6.10 Å². The maximum atomic E-state index is 13.0. The number of cyclic esters (lactones) is 1. The summed E-state index contributed by atoms with van der Waals surface area (Å²) in [6, 6.07) is 0. The summed E-state index contributed by atoms with van der Waals surface area (Å²) in [5.74, 6) is -0.496. The number of likely N-dealkylation sites (tertiary alicyclic amines) is 1. The van der Waals surface area contributed by atoms with Crippen LogP contribution in [-0.4, -0.2) is 109 Å². The monoisotopic (exact) mass is 589 g/mol. The maximum Gasteiger partial charge on any atom is 0.410 e. The van der Waals surface area contributed by atoms with Crippen molar-refractivity contribution in [1.82, 2.24) is 14.7 Å². The fourth-order valence-electron chi connectivity index (χ4n) is 5.37. The third-order valence-corrected chi connectivity index (χ3v) is 8.32. The summed E-state index contributed by atoms with van der Waals surface area (Å²) >= 11 is 0. The van der Waals surface area contributed by atoms with Gasteiger partial charge in [-0.2, -0.15) is 0 Å². The minimum Gasteiger partial charge on any atom is -0.457 e. The summed E-state index contributed by atoms with van der Waals surface area (Å²) < 4.78 is 17.2. The van der Waals surface area contributed by atoms with E-state index in [1.165, 1.54) is 0 Å². The molecule has 0 saturated carbocycles. The molecule has 3 rings (SSSR count). The predicted molar refractivity (Wildman–Crippen MR) is 161 cm³/mol. The van der Waals surface area contributed by atoms with Gasteiger partial charge in [0, 0.05) is 57.5 Å². The number of hydrogen-bond donors (Lipinski definition) is 1. The minimum atomic E-state index is -1.28. The first-order valence-electron chi connectivity index (χ1n) is 15.5. The van der Waals surface area contributed by atoms with E-state index >= 15 is 0 Å². The summed E-state index contributed by atoms with van der Waals surface area (Å²) in [5.41, 5.74) is -0.424. The summed E-state index contributed by atoms with van der Waals surface area (Å²) in [6.07, 6.45) is 11.2. The van der Waals surface area contributed by atoms with Gasteiger partial charge in [0.2, 0.25) is 0 Å². The SMILES string of the molecule is C/C(=C\C=C\[C@@H](C)COC(=O)N1CCCC1)[C@H]1OC(=O)CCCC[C@](C)(O)[C@H](OC(=O)N2CCN(C)CC2)/C=C/[C@@H]1C. The molecule has 0 aliphatic carbocycles. The molecular formula is C32H51N3O7. The van der Waals surface area contributed by atoms with Crippen LogP contribution in [0, 0.1) is 11.8 Å². The Kier molecular flexibility index (Phi) is 12.9. The van der Waals surface area contributed by atoms with Gasteiger partial charge in [-0.25, -0.2) is 9.59 Å². The van der Waals surface area contributed by atoms with Crippen molar-refractivity contribution in [1.29, 1.82) is 0 Å². The van der Waals surface area contributed by atoms with Gasteiger partial charge in [-0.05, 0) is 64.6 Å². The fraction of sp³-hybridized carbons (Fsp3) is 0.719. The first-order chi connectivity index (χ1) is 20.0. The summed E-state index contributed by atoms with van der Waals surface area (Å²) in [4.78, 5) is 43.4. The average molecular weight is 590 g/mol. The van der Waals surface area contributed by atoms with Gasteiger partial charge in [-0.1, -0.05) is 38.2 Å². The number of ether oxygens (including phenoxy) is 3. The third kappa shape index (κ3) is 10.5. The first-order valence-corrected chi connectivity index (χ1v) is 15.5. The highest BCUT2D eigenvalue weighted by Crippen LogP contribution is 2.27. The molecule has 2 amide bonds. The summed E-state index contributed by atoms with van der Waals surface area (Å²) in [5, 5.41) is 11.3. The number of amides is 2. The summed E-state index contributed by atoms with van der Waals surface area (Å²) in [6.45, 7) is 12.1. The number of aliphatic hydroxyl groups is 1. The van der Waals surface area contributed by atoms with E-state index in [-0.39, 0.29) is 30.3 Å². The topological polar surface area (TPSA) is 109 Å². The highest BCUT2D eigenvalue weighted by atomic mass is 16.6. The number of piperazine rings is 1. The van der Waals surface area contributed by atoms with E-state index in [2.05, 4.69) is 4.90 Å². The molecule has 0 spiro atoms. The van der Waals surface area contributed by atoms with Gasteiger partial charge in [-0.3, -0.25) is 4.79 Å². The quantitative estimate of drug-likeness (QED) is 0.208. The Bertz CT molecular complexity index is 994. The number of hydrogen-bond acceptors (Lipinski definition) is 8. The normalized spacial score (nSPS) is 30.3. The number of rotatable bonds is 6. The highest BCUT2D eigenvalue weighted by molar-refractivity contribution is 5.70. The van der Waals surface area contributed by atoms with E-state index in [0.717, 1.165) is 44.6 Å². The second kappa shape index (κ2) is 16.1. The van der Waals surface area contributed by atoms with Crippen LogP contribution < -0.4 is 0 Å². The lowest BCUT2D eigenvalue weighted by molar-refractivity contribution is -0.149. The van der Waals surface area contributed by atoms with Gasteiger partial charge < -0.3 is 34.0 Å². The van der Waals surface area contributed by atoms with Crippen LogP contribution in [0.3, 0.4) is 0 Å². The predicted octanol–water partition coefficient (Wildman–Crippen LogP) is 4.54. The van der Waals surface area contributed by atoms with Crippen LogP contribution in [0.4, 0.5) is 9.59 Å². The lowest BCUT2D eigenvalue weighted by atomic mass is 9.89. The van der Waals surface area contributed by atoms with Crippen LogP contribution in [-0.2, 0) is 19.0 Å². The number of allylic oxidation sites excluding steroid dienone is 2. The third-order valence-electron chi connectivity index (χ3n) is 8.32. The van der Waals surface area contributed by atoms with E-state index in [1.807, 2.05) is 52.1 Å². The molecule has 3 aliphatic rings. The number of carbonyl (C=O) groups is 3. The van der Waals surface area contributed by atoms with Crippen LogP contribution in [0.5, 0.6) is 0 Å². The molecule has 0 bridgehead atoms. The molecule has 0 aromatic heterocycles. The molecule has 236 valence electrons. The molecule has 3 heterocycles.